The van der Waals surface area contributed by atoms with E-state index in [9.17, 15) is 32.8 Å². The number of halogens is 3. The molecule has 57 heavy (non-hydrogen) atoms. The number of piperidine rings is 1. The summed E-state index contributed by atoms with van der Waals surface area (Å²) >= 11 is 6.33. The highest BCUT2D eigenvalue weighted by Gasteiger charge is 2.40. The summed E-state index contributed by atoms with van der Waals surface area (Å²) in [5.41, 5.74) is 4.27. The summed E-state index contributed by atoms with van der Waals surface area (Å²) in [4.78, 5) is 78.0. The number of nitrogens with one attached hydrogen (secondary N) is 4. The van der Waals surface area contributed by atoms with Gasteiger partial charge in [-0.15, -0.1) is 0 Å². The van der Waals surface area contributed by atoms with E-state index in [1.807, 2.05) is 0 Å². The fourth-order valence-electron chi connectivity index (χ4n) is 7.06. The average molecular weight is 789 g/mol. The Morgan fingerprint density at radius 1 is 0.930 bits per heavy atom. The molecular formula is C41H31ClF2N8O5. The normalized spacial score (nSPS) is 15.8. The topological polar surface area (TPSA) is 175 Å². The summed E-state index contributed by atoms with van der Waals surface area (Å²) in [6, 6.07) is 19.3. The van der Waals surface area contributed by atoms with Crippen molar-refractivity contribution in [3.05, 3.63) is 135 Å². The largest absolute Gasteiger partial charge is 0.352 e. The van der Waals surface area contributed by atoms with Crippen molar-refractivity contribution in [1.29, 1.82) is 0 Å². The molecule has 0 aliphatic carbocycles. The van der Waals surface area contributed by atoms with Crippen molar-refractivity contribution in [2.75, 3.05) is 17.2 Å². The number of aromatic nitrogens is 2. The Hall–Kier alpha value is -6.87. The van der Waals surface area contributed by atoms with Gasteiger partial charge >= 0.3 is 0 Å². The van der Waals surface area contributed by atoms with Crippen molar-refractivity contribution >= 4 is 64.2 Å². The van der Waals surface area contributed by atoms with E-state index >= 15 is 0 Å². The van der Waals surface area contributed by atoms with Crippen LogP contribution in [0.4, 0.5) is 26.1 Å². The molecule has 4 heterocycles. The number of hydrogen-bond donors (Lipinski definition) is 4. The quantitative estimate of drug-likeness (QED) is 0.138. The molecule has 8 rings (SSSR count). The summed E-state index contributed by atoms with van der Waals surface area (Å²) in [6.07, 6.45) is 1.90. The van der Waals surface area contributed by atoms with Gasteiger partial charge in [0.2, 0.25) is 23.7 Å². The first-order valence-electron chi connectivity index (χ1n) is 17.9. The molecule has 3 aliphatic rings. The van der Waals surface area contributed by atoms with E-state index in [-0.39, 0.29) is 73.8 Å². The number of rotatable bonds is 9. The van der Waals surface area contributed by atoms with Crippen LogP contribution in [0.1, 0.15) is 62.2 Å². The van der Waals surface area contributed by atoms with Crippen LogP contribution in [0, 0.1) is 11.6 Å². The minimum atomic E-state index is -0.778. The zero-order valence-electron chi connectivity index (χ0n) is 29.9. The van der Waals surface area contributed by atoms with Gasteiger partial charge in [-0.3, -0.25) is 34.3 Å². The summed E-state index contributed by atoms with van der Waals surface area (Å²) < 4.78 is 29.8. The number of hydrogen-bond acceptors (Lipinski definition) is 9. The Bertz CT molecular complexity index is 2530. The lowest BCUT2D eigenvalue weighted by Gasteiger charge is -2.29. The maximum Gasteiger partial charge on any atom is 0.255 e. The van der Waals surface area contributed by atoms with Gasteiger partial charge in [-0.05, 0) is 67.1 Å². The van der Waals surface area contributed by atoms with Gasteiger partial charge in [0.25, 0.3) is 11.8 Å². The molecule has 0 radical (unpaired) electrons. The highest BCUT2D eigenvalue weighted by Crippen LogP contribution is 2.35. The minimum Gasteiger partial charge on any atom is -0.352 e. The van der Waals surface area contributed by atoms with Crippen LogP contribution in [0.25, 0.3) is 11.3 Å². The molecule has 1 fully saturated rings. The van der Waals surface area contributed by atoms with Crippen molar-refractivity contribution in [3.63, 3.8) is 0 Å². The van der Waals surface area contributed by atoms with E-state index in [0.717, 1.165) is 0 Å². The molecule has 0 bridgehead atoms. The van der Waals surface area contributed by atoms with Crippen molar-refractivity contribution in [3.8, 4) is 11.3 Å². The van der Waals surface area contributed by atoms with E-state index in [1.165, 1.54) is 23.1 Å². The van der Waals surface area contributed by atoms with E-state index in [0.29, 0.717) is 55.5 Å². The minimum absolute atomic E-state index is 0.0334. The van der Waals surface area contributed by atoms with Crippen molar-refractivity contribution < 1.29 is 32.8 Å². The summed E-state index contributed by atoms with van der Waals surface area (Å²) in [5.74, 6) is -3.32. The first kappa shape index (κ1) is 37.1. The molecule has 16 heteroatoms. The molecule has 1 unspecified atom stereocenters. The number of amides is 5. The molecule has 3 aliphatic heterocycles. The number of aliphatic imine (C=N–C) groups is 1. The van der Waals surface area contributed by atoms with Gasteiger partial charge in [0, 0.05) is 81.9 Å². The zero-order chi connectivity index (χ0) is 39.8. The maximum atomic E-state index is 14.9. The van der Waals surface area contributed by atoms with Gasteiger partial charge in [0.1, 0.15) is 17.7 Å². The van der Waals surface area contributed by atoms with Crippen molar-refractivity contribution in [2.24, 2.45) is 4.99 Å². The molecule has 1 atom stereocenters. The fraction of sp³-hybridized carbons (Fsp3) is 0.171. The predicted molar refractivity (Wildman–Crippen MR) is 206 cm³/mol. The zero-order valence-corrected chi connectivity index (χ0v) is 30.6. The van der Waals surface area contributed by atoms with E-state index in [1.54, 1.807) is 66.9 Å². The van der Waals surface area contributed by atoms with Crippen LogP contribution in [-0.4, -0.2) is 62.7 Å². The summed E-state index contributed by atoms with van der Waals surface area (Å²) in [5, 5.41) is 11.3. The maximum absolute atomic E-state index is 14.9. The van der Waals surface area contributed by atoms with Gasteiger partial charge in [-0.2, -0.15) is 0 Å². The van der Waals surface area contributed by atoms with Crippen LogP contribution < -0.4 is 21.3 Å². The molecule has 1 saturated heterocycles. The monoisotopic (exact) mass is 788 g/mol. The number of fused-ring (bicyclic) bond motifs is 4. The molecule has 4 N–H and O–H groups in total. The Morgan fingerprint density at radius 3 is 2.47 bits per heavy atom. The molecule has 0 saturated carbocycles. The summed E-state index contributed by atoms with van der Waals surface area (Å²) in [7, 11) is 0. The number of imide groups is 1. The van der Waals surface area contributed by atoms with Crippen LogP contribution in [-0.2, 0) is 27.5 Å². The third-order valence-electron chi connectivity index (χ3n) is 9.86. The van der Waals surface area contributed by atoms with Crippen molar-refractivity contribution in [2.45, 2.75) is 38.4 Å². The Balaban J connectivity index is 0.883. The third kappa shape index (κ3) is 7.44. The van der Waals surface area contributed by atoms with Crippen LogP contribution in [0.2, 0.25) is 5.02 Å². The second-order valence-corrected chi connectivity index (χ2v) is 13.9. The molecule has 13 nitrogen and oxygen atoms in total. The second-order valence-electron chi connectivity index (χ2n) is 13.5. The lowest BCUT2D eigenvalue weighted by Crippen LogP contribution is -2.52. The van der Waals surface area contributed by atoms with Gasteiger partial charge < -0.3 is 20.9 Å². The smallest absolute Gasteiger partial charge is 0.255 e. The lowest BCUT2D eigenvalue weighted by atomic mass is 9.95. The highest BCUT2D eigenvalue weighted by atomic mass is 35.5. The van der Waals surface area contributed by atoms with Gasteiger partial charge in [0.05, 0.1) is 23.5 Å². The molecule has 286 valence electrons. The summed E-state index contributed by atoms with van der Waals surface area (Å²) in [6.45, 7) is 0.206. The van der Waals surface area contributed by atoms with Crippen LogP contribution in [0.5, 0.6) is 0 Å². The van der Waals surface area contributed by atoms with Crippen LogP contribution >= 0.6 is 11.6 Å². The first-order chi connectivity index (χ1) is 27.5. The van der Waals surface area contributed by atoms with Gasteiger partial charge in [-0.25, -0.2) is 18.7 Å². The standard InChI is InChI=1S/C41H31ClF2N8O5/c42-23-9-12-25-27(17-23)37(35-29(43)4-2-5-30(35)44)46-18-22-19-47-41(51-36(22)25)48-24-10-7-21(8-11-24)38(55)45-16-15-34(54)49-31-6-1-3-26-28(31)20-52(40(26)57)32-13-14-33(53)50-39(32)56/h1-12,17,19,32H,13-16,18,20H2,(H,45,55)(H,49,54)(H,47,48,51)(H,50,53,56). The molecule has 5 amide bonds. The molecular weight excluding hydrogens is 758 g/mol. The molecule has 1 aromatic heterocycles. The Labute approximate surface area is 328 Å². The lowest BCUT2D eigenvalue weighted by molar-refractivity contribution is -0.137. The predicted octanol–water partition coefficient (Wildman–Crippen LogP) is 5.69. The van der Waals surface area contributed by atoms with E-state index in [4.69, 9.17) is 16.6 Å². The number of carbonyl (C=O) groups excluding carboxylic acids is 5. The first-order valence-corrected chi connectivity index (χ1v) is 18.3. The van der Waals surface area contributed by atoms with E-state index < -0.39 is 29.5 Å². The average Bonchev–Trinajstić information content (AvgIpc) is 3.44. The van der Waals surface area contributed by atoms with Crippen molar-refractivity contribution in [1.82, 2.24) is 25.5 Å². The Morgan fingerprint density at radius 2 is 1.70 bits per heavy atom. The number of nitrogens with zero attached hydrogens (tertiary/aromatic N) is 4. The van der Waals surface area contributed by atoms with E-state index in [2.05, 4.69) is 31.2 Å². The van der Waals surface area contributed by atoms with Gasteiger partial charge in [0.15, 0.2) is 0 Å². The van der Waals surface area contributed by atoms with Crippen LogP contribution in [0.3, 0.4) is 0 Å². The number of benzene rings is 4. The second kappa shape index (κ2) is 15.3. The number of carbonyl (C=O) groups is 5. The molecule has 5 aromatic rings. The fourth-order valence-corrected chi connectivity index (χ4v) is 7.24. The Kier molecular flexibility index (Phi) is 9.98. The highest BCUT2D eigenvalue weighted by molar-refractivity contribution is 6.31. The molecule has 0 spiro atoms. The van der Waals surface area contributed by atoms with Crippen LogP contribution in [0.15, 0.2) is 90.1 Å². The number of anilines is 3. The SMILES string of the molecule is O=C1CCC(N2Cc3c(NC(=O)CCNC(=O)c4ccc(Nc5ncc6c(n5)-c5ccc(Cl)cc5C(c5c(F)cccc5F)=NC6)cc4)cccc3C2=O)C(=O)N1. The molecule has 4 aromatic carbocycles. The van der Waals surface area contributed by atoms with Gasteiger partial charge in [-0.1, -0.05) is 29.8 Å². The third-order valence-corrected chi connectivity index (χ3v) is 10.1.